The number of carbonyl (C=O) groups excluding carboxylic acids is 1. The van der Waals surface area contributed by atoms with Gasteiger partial charge in [-0.1, -0.05) is 35.9 Å². The molecule has 0 radical (unpaired) electrons. The number of aryl methyl sites for hydroxylation is 1. The number of nitrogens with zero attached hydrogens (tertiary/aromatic N) is 1. The molecule has 0 aliphatic carbocycles. The number of aromatic nitrogens is 1. The van der Waals surface area contributed by atoms with Gasteiger partial charge in [-0.2, -0.15) is 0 Å². The number of para-hydroxylation sites is 1. The van der Waals surface area contributed by atoms with Gasteiger partial charge >= 0.3 is 0 Å². The SMILES string of the molecule is Cc1ccc(NC(=O)c2cc3c(Cl)nc4ccccc4c3s2)c(Br)c1. The van der Waals surface area contributed by atoms with Gasteiger partial charge in [0.2, 0.25) is 0 Å². The van der Waals surface area contributed by atoms with Crippen LogP contribution in [0.25, 0.3) is 21.0 Å². The Bertz CT molecular complexity index is 1140. The third-order valence-electron chi connectivity index (χ3n) is 3.92. The smallest absolute Gasteiger partial charge is 0.265 e. The van der Waals surface area contributed by atoms with Crippen LogP contribution in [0.15, 0.2) is 53.0 Å². The molecular weight excluding hydrogens is 420 g/mol. The van der Waals surface area contributed by atoms with Gasteiger partial charge in [0.05, 0.1) is 16.1 Å². The summed E-state index contributed by atoms with van der Waals surface area (Å²) in [6.45, 7) is 2.00. The Hall–Kier alpha value is -1.95. The molecule has 25 heavy (non-hydrogen) atoms. The zero-order valence-electron chi connectivity index (χ0n) is 13.1. The minimum Gasteiger partial charge on any atom is -0.320 e. The molecule has 4 rings (SSSR count). The Morgan fingerprint density at radius 3 is 2.76 bits per heavy atom. The summed E-state index contributed by atoms with van der Waals surface area (Å²) < 4.78 is 1.83. The highest BCUT2D eigenvalue weighted by molar-refractivity contribution is 9.10. The lowest BCUT2D eigenvalue weighted by Gasteiger charge is -2.06. The summed E-state index contributed by atoms with van der Waals surface area (Å²) in [5, 5.41) is 5.17. The Morgan fingerprint density at radius 1 is 1.16 bits per heavy atom. The minimum atomic E-state index is -0.161. The average Bonchev–Trinajstić information content (AvgIpc) is 3.04. The fourth-order valence-corrected chi connectivity index (χ4v) is 4.67. The Balaban J connectivity index is 1.77. The zero-order valence-corrected chi connectivity index (χ0v) is 16.3. The number of fused-ring (bicyclic) bond motifs is 3. The number of nitrogens with one attached hydrogen (secondary N) is 1. The van der Waals surface area contributed by atoms with Crippen LogP contribution < -0.4 is 5.32 Å². The number of benzene rings is 2. The van der Waals surface area contributed by atoms with Crippen molar-refractivity contribution in [2.24, 2.45) is 0 Å². The van der Waals surface area contributed by atoms with Crippen LogP contribution in [-0.4, -0.2) is 10.9 Å². The van der Waals surface area contributed by atoms with E-state index in [4.69, 9.17) is 11.6 Å². The molecule has 0 saturated carbocycles. The fraction of sp³-hybridized carbons (Fsp3) is 0.0526. The van der Waals surface area contributed by atoms with Crippen LogP contribution in [-0.2, 0) is 0 Å². The van der Waals surface area contributed by atoms with Gasteiger partial charge in [-0.05, 0) is 52.7 Å². The van der Waals surface area contributed by atoms with E-state index in [1.54, 1.807) is 6.07 Å². The number of halogens is 2. The van der Waals surface area contributed by atoms with Gasteiger partial charge in [-0.3, -0.25) is 4.79 Å². The van der Waals surface area contributed by atoms with Gasteiger partial charge in [0.1, 0.15) is 5.15 Å². The predicted molar refractivity (Wildman–Crippen MR) is 109 cm³/mol. The average molecular weight is 432 g/mol. The number of thiophene rings is 1. The molecule has 1 amide bonds. The molecule has 0 atom stereocenters. The largest absolute Gasteiger partial charge is 0.320 e. The highest BCUT2D eigenvalue weighted by Gasteiger charge is 2.16. The molecule has 2 aromatic heterocycles. The summed E-state index contributed by atoms with van der Waals surface area (Å²) in [7, 11) is 0. The number of hydrogen-bond acceptors (Lipinski definition) is 3. The molecule has 0 spiro atoms. The summed E-state index contributed by atoms with van der Waals surface area (Å²) in [6, 6.07) is 15.4. The molecule has 0 aliphatic heterocycles. The van der Waals surface area contributed by atoms with E-state index in [1.807, 2.05) is 49.4 Å². The molecule has 2 aromatic carbocycles. The van der Waals surface area contributed by atoms with E-state index < -0.39 is 0 Å². The van der Waals surface area contributed by atoms with Gasteiger partial charge in [0, 0.05) is 19.9 Å². The number of pyridine rings is 1. The lowest BCUT2D eigenvalue weighted by molar-refractivity contribution is 0.103. The van der Waals surface area contributed by atoms with Crippen LogP contribution in [0.2, 0.25) is 5.15 Å². The van der Waals surface area contributed by atoms with Crippen LogP contribution in [0.5, 0.6) is 0 Å². The maximum absolute atomic E-state index is 12.7. The van der Waals surface area contributed by atoms with Crippen LogP contribution in [0.3, 0.4) is 0 Å². The van der Waals surface area contributed by atoms with Gasteiger partial charge in [-0.15, -0.1) is 11.3 Å². The fourth-order valence-electron chi connectivity index (χ4n) is 2.69. The molecule has 2 heterocycles. The highest BCUT2D eigenvalue weighted by Crippen LogP contribution is 2.36. The second-order valence-electron chi connectivity index (χ2n) is 5.71. The summed E-state index contributed by atoms with van der Waals surface area (Å²) in [5.74, 6) is -0.161. The normalized spacial score (nSPS) is 11.2. The van der Waals surface area contributed by atoms with E-state index in [0.29, 0.717) is 10.0 Å². The molecule has 0 unspecified atom stereocenters. The zero-order chi connectivity index (χ0) is 17.6. The van der Waals surface area contributed by atoms with Crippen molar-refractivity contribution in [3.63, 3.8) is 0 Å². The van der Waals surface area contributed by atoms with Crippen molar-refractivity contribution >= 4 is 71.5 Å². The number of amides is 1. The maximum Gasteiger partial charge on any atom is 0.265 e. The number of hydrogen-bond donors (Lipinski definition) is 1. The van der Waals surface area contributed by atoms with E-state index in [9.17, 15) is 4.79 Å². The lowest BCUT2D eigenvalue weighted by atomic mass is 10.2. The van der Waals surface area contributed by atoms with Crippen molar-refractivity contribution in [2.75, 3.05) is 5.32 Å². The van der Waals surface area contributed by atoms with Crippen molar-refractivity contribution in [2.45, 2.75) is 6.92 Å². The first-order valence-electron chi connectivity index (χ1n) is 7.58. The first-order chi connectivity index (χ1) is 12.0. The van der Waals surface area contributed by atoms with Crippen molar-refractivity contribution in [1.29, 1.82) is 0 Å². The third-order valence-corrected chi connectivity index (χ3v) is 6.03. The second-order valence-corrected chi connectivity index (χ2v) is 7.98. The molecule has 1 N–H and O–H groups in total. The highest BCUT2D eigenvalue weighted by atomic mass is 79.9. The molecule has 3 nitrogen and oxygen atoms in total. The topological polar surface area (TPSA) is 42.0 Å². The predicted octanol–water partition coefficient (Wildman–Crippen LogP) is 6.43. The molecule has 0 aliphatic rings. The summed E-state index contributed by atoms with van der Waals surface area (Å²) >= 11 is 11.2. The molecule has 0 saturated heterocycles. The van der Waals surface area contributed by atoms with Gasteiger partial charge in [0.25, 0.3) is 5.91 Å². The lowest BCUT2D eigenvalue weighted by Crippen LogP contribution is -2.10. The van der Waals surface area contributed by atoms with Crippen molar-refractivity contribution in [3.8, 4) is 0 Å². The Morgan fingerprint density at radius 2 is 1.96 bits per heavy atom. The molecule has 0 fully saturated rings. The standard InChI is InChI=1S/C19H12BrClN2OS/c1-10-6-7-15(13(20)8-10)23-19(24)16-9-12-17(25-16)11-4-2-3-5-14(11)22-18(12)21/h2-9H,1H3,(H,23,24). The van der Waals surface area contributed by atoms with Gasteiger partial charge in [0.15, 0.2) is 0 Å². The molecule has 124 valence electrons. The molecule has 6 heteroatoms. The summed E-state index contributed by atoms with van der Waals surface area (Å²) in [5.41, 5.74) is 2.69. The number of anilines is 1. The van der Waals surface area contributed by atoms with E-state index in [2.05, 4.69) is 26.2 Å². The number of carbonyl (C=O) groups is 1. The third kappa shape index (κ3) is 3.03. The second kappa shape index (κ2) is 6.41. The van der Waals surface area contributed by atoms with Crippen molar-refractivity contribution < 1.29 is 4.79 Å². The summed E-state index contributed by atoms with van der Waals surface area (Å²) in [6.07, 6.45) is 0. The first-order valence-corrected chi connectivity index (χ1v) is 9.57. The number of rotatable bonds is 2. The molecular formula is C19H12BrClN2OS. The maximum atomic E-state index is 12.7. The Kier molecular flexibility index (Phi) is 4.23. The van der Waals surface area contributed by atoms with Crippen molar-refractivity contribution in [1.82, 2.24) is 4.98 Å². The molecule has 4 aromatic rings. The van der Waals surface area contributed by atoms with Gasteiger partial charge < -0.3 is 5.32 Å². The van der Waals surface area contributed by atoms with E-state index in [-0.39, 0.29) is 5.91 Å². The molecule has 0 bridgehead atoms. The van der Waals surface area contributed by atoms with Crippen LogP contribution in [0.1, 0.15) is 15.2 Å². The van der Waals surface area contributed by atoms with Crippen molar-refractivity contribution in [3.05, 3.63) is 68.6 Å². The quantitative estimate of drug-likeness (QED) is 0.372. The van der Waals surface area contributed by atoms with Crippen LogP contribution >= 0.6 is 38.9 Å². The van der Waals surface area contributed by atoms with E-state index >= 15 is 0 Å². The van der Waals surface area contributed by atoms with Crippen LogP contribution in [0.4, 0.5) is 5.69 Å². The monoisotopic (exact) mass is 430 g/mol. The van der Waals surface area contributed by atoms with Gasteiger partial charge in [-0.25, -0.2) is 4.98 Å². The Labute approximate surface area is 161 Å². The summed E-state index contributed by atoms with van der Waals surface area (Å²) in [4.78, 5) is 17.7. The first kappa shape index (κ1) is 16.5. The van der Waals surface area contributed by atoms with E-state index in [0.717, 1.165) is 36.7 Å². The van der Waals surface area contributed by atoms with Crippen LogP contribution in [0, 0.1) is 6.92 Å². The van der Waals surface area contributed by atoms with E-state index in [1.165, 1.54) is 11.3 Å². The minimum absolute atomic E-state index is 0.161.